The fraction of sp³-hybridized carbons (Fsp3) is 0.118. The largest absolute Gasteiger partial charge is 0.497 e. The van der Waals surface area contributed by atoms with Crippen LogP contribution < -0.4 is 10.1 Å². The van der Waals surface area contributed by atoms with Crippen LogP contribution in [-0.4, -0.2) is 23.2 Å². The summed E-state index contributed by atoms with van der Waals surface area (Å²) in [6.45, 7) is 0. The maximum absolute atomic E-state index is 12.3. The van der Waals surface area contributed by atoms with Crippen LogP contribution in [0, 0.1) is 0 Å². The molecule has 1 N–H and O–H groups in total. The number of hydrogen-bond donors (Lipinski definition) is 1. The Hall–Kier alpha value is -1.80. The Balaban J connectivity index is 1.61. The van der Waals surface area contributed by atoms with Crippen molar-refractivity contribution in [2.45, 2.75) is 10.6 Å². The number of carbonyl (C=O) groups is 1. The highest BCUT2D eigenvalue weighted by molar-refractivity contribution is 7.98. The topological polar surface area (TPSA) is 64.1 Å². The number of aromatic nitrogens is 2. The standard InChI is InChI=1S/C17H13Cl2N3O2S2/c1-24-12-5-3-11(4-6-12)20-16(23)17-22-21-15(26-17)9-25-14-8-10(18)2-7-13(14)19/h2-8H,9H2,1H3,(H,20,23). The molecule has 1 heterocycles. The van der Waals surface area contributed by atoms with Gasteiger partial charge in [-0.1, -0.05) is 34.5 Å². The van der Waals surface area contributed by atoms with Gasteiger partial charge in [0.05, 0.1) is 17.9 Å². The molecule has 0 spiro atoms. The molecule has 26 heavy (non-hydrogen) atoms. The highest BCUT2D eigenvalue weighted by atomic mass is 35.5. The molecule has 2 aromatic carbocycles. The van der Waals surface area contributed by atoms with Gasteiger partial charge in [-0.3, -0.25) is 4.79 Å². The van der Waals surface area contributed by atoms with Crippen LogP contribution in [0.15, 0.2) is 47.4 Å². The van der Waals surface area contributed by atoms with Gasteiger partial charge in [0.15, 0.2) is 0 Å². The van der Waals surface area contributed by atoms with Crippen molar-refractivity contribution in [1.82, 2.24) is 10.2 Å². The highest BCUT2D eigenvalue weighted by Gasteiger charge is 2.14. The van der Waals surface area contributed by atoms with E-state index in [0.29, 0.717) is 26.5 Å². The number of rotatable bonds is 6. The molecule has 0 aliphatic rings. The van der Waals surface area contributed by atoms with Gasteiger partial charge >= 0.3 is 0 Å². The Morgan fingerprint density at radius 3 is 2.69 bits per heavy atom. The molecule has 3 rings (SSSR count). The minimum atomic E-state index is -0.301. The summed E-state index contributed by atoms with van der Waals surface area (Å²) in [4.78, 5) is 13.1. The molecule has 134 valence electrons. The van der Waals surface area contributed by atoms with Gasteiger partial charge in [0.2, 0.25) is 5.01 Å². The van der Waals surface area contributed by atoms with Crippen LogP contribution in [-0.2, 0) is 5.75 Å². The number of benzene rings is 2. The summed E-state index contributed by atoms with van der Waals surface area (Å²) in [5.41, 5.74) is 0.660. The summed E-state index contributed by atoms with van der Waals surface area (Å²) in [5, 5.41) is 13.1. The Kier molecular flexibility index (Phi) is 6.37. The predicted molar refractivity (Wildman–Crippen MR) is 107 cm³/mol. The van der Waals surface area contributed by atoms with E-state index in [9.17, 15) is 4.79 Å². The van der Waals surface area contributed by atoms with Crippen molar-refractivity contribution in [3.05, 3.63) is 62.5 Å². The summed E-state index contributed by atoms with van der Waals surface area (Å²) >= 11 is 14.9. The number of halogens is 2. The molecular formula is C17H13Cl2N3O2S2. The van der Waals surface area contributed by atoms with Crippen LogP contribution in [0.1, 0.15) is 14.8 Å². The summed E-state index contributed by atoms with van der Waals surface area (Å²) in [7, 11) is 1.59. The summed E-state index contributed by atoms with van der Waals surface area (Å²) in [6, 6.07) is 12.3. The van der Waals surface area contributed by atoms with Gasteiger partial charge in [-0.15, -0.1) is 22.0 Å². The van der Waals surface area contributed by atoms with Gasteiger partial charge in [-0.25, -0.2) is 0 Å². The molecule has 9 heteroatoms. The van der Waals surface area contributed by atoms with E-state index in [0.717, 1.165) is 15.7 Å². The Bertz CT molecular complexity index is 917. The van der Waals surface area contributed by atoms with Gasteiger partial charge in [0.1, 0.15) is 10.8 Å². The zero-order valence-electron chi connectivity index (χ0n) is 13.5. The monoisotopic (exact) mass is 425 g/mol. The zero-order chi connectivity index (χ0) is 18.5. The quantitative estimate of drug-likeness (QED) is 0.535. The van der Waals surface area contributed by atoms with E-state index in [1.807, 2.05) is 0 Å². The molecule has 0 saturated carbocycles. The molecule has 5 nitrogen and oxygen atoms in total. The molecule has 0 atom stereocenters. The molecule has 1 aromatic heterocycles. The van der Waals surface area contributed by atoms with Crippen molar-refractivity contribution in [2.75, 3.05) is 12.4 Å². The van der Waals surface area contributed by atoms with E-state index in [1.165, 1.54) is 23.1 Å². The van der Waals surface area contributed by atoms with Crippen molar-refractivity contribution in [3.63, 3.8) is 0 Å². The number of amides is 1. The lowest BCUT2D eigenvalue weighted by Crippen LogP contribution is -2.11. The van der Waals surface area contributed by atoms with Crippen LogP contribution in [0.3, 0.4) is 0 Å². The fourth-order valence-corrected chi connectivity index (χ4v) is 4.20. The number of ether oxygens (including phenoxy) is 1. The van der Waals surface area contributed by atoms with E-state index in [-0.39, 0.29) is 5.91 Å². The SMILES string of the molecule is COc1ccc(NC(=O)c2nnc(CSc3cc(Cl)ccc3Cl)s2)cc1. The minimum Gasteiger partial charge on any atom is -0.497 e. The Morgan fingerprint density at radius 2 is 1.96 bits per heavy atom. The number of anilines is 1. The van der Waals surface area contributed by atoms with E-state index < -0.39 is 0 Å². The minimum absolute atomic E-state index is 0.300. The second-order valence-electron chi connectivity index (χ2n) is 5.05. The fourth-order valence-electron chi connectivity index (χ4n) is 1.99. The second kappa shape index (κ2) is 8.73. The third kappa shape index (κ3) is 4.88. The average Bonchev–Trinajstić information content (AvgIpc) is 3.12. The molecule has 0 aliphatic carbocycles. The van der Waals surface area contributed by atoms with Gasteiger partial charge < -0.3 is 10.1 Å². The van der Waals surface area contributed by atoms with Crippen molar-refractivity contribution in [2.24, 2.45) is 0 Å². The first kappa shape index (κ1) is 19.0. The molecule has 0 aliphatic heterocycles. The van der Waals surface area contributed by atoms with Crippen LogP contribution in [0.5, 0.6) is 5.75 Å². The van der Waals surface area contributed by atoms with Gasteiger partial charge in [-0.2, -0.15) is 0 Å². The molecule has 1 amide bonds. The third-order valence-corrected chi connectivity index (χ3v) is 6.10. The number of methoxy groups -OCH3 is 1. The maximum atomic E-state index is 12.3. The van der Waals surface area contributed by atoms with Gasteiger partial charge in [-0.05, 0) is 42.5 Å². The number of thioether (sulfide) groups is 1. The molecule has 0 radical (unpaired) electrons. The summed E-state index contributed by atoms with van der Waals surface area (Å²) in [5.74, 6) is 0.968. The lowest BCUT2D eigenvalue weighted by atomic mass is 10.3. The molecule has 0 bridgehead atoms. The average molecular weight is 426 g/mol. The second-order valence-corrected chi connectivity index (χ2v) is 7.97. The summed E-state index contributed by atoms with van der Waals surface area (Å²) in [6.07, 6.45) is 0. The summed E-state index contributed by atoms with van der Waals surface area (Å²) < 4.78 is 5.09. The predicted octanol–water partition coefficient (Wildman–Crippen LogP) is 5.40. The first-order chi connectivity index (χ1) is 12.5. The van der Waals surface area contributed by atoms with Crippen LogP contribution in [0.4, 0.5) is 5.69 Å². The molecule has 0 saturated heterocycles. The van der Waals surface area contributed by atoms with Crippen LogP contribution >= 0.6 is 46.3 Å². The highest BCUT2D eigenvalue weighted by Crippen LogP contribution is 2.32. The normalized spacial score (nSPS) is 10.6. The third-order valence-electron chi connectivity index (χ3n) is 3.25. The van der Waals surface area contributed by atoms with E-state index in [1.54, 1.807) is 49.6 Å². The smallest absolute Gasteiger partial charge is 0.286 e. The number of nitrogens with one attached hydrogen (secondary N) is 1. The first-order valence-corrected chi connectivity index (χ1v) is 9.96. The maximum Gasteiger partial charge on any atom is 0.286 e. The van der Waals surface area contributed by atoms with Crippen molar-refractivity contribution >= 4 is 57.9 Å². The van der Waals surface area contributed by atoms with E-state index in [2.05, 4.69) is 15.5 Å². The van der Waals surface area contributed by atoms with Gasteiger partial charge in [0.25, 0.3) is 5.91 Å². The molecule has 0 fully saturated rings. The Labute approximate surface area is 168 Å². The van der Waals surface area contributed by atoms with Crippen molar-refractivity contribution in [3.8, 4) is 5.75 Å². The zero-order valence-corrected chi connectivity index (χ0v) is 16.7. The first-order valence-electron chi connectivity index (χ1n) is 7.41. The van der Waals surface area contributed by atoms with Crippen LogP contribution in [0.25, 0.3) is 0 Å². The molecule has 3 aromatic rings. The van der Waals surface area contributed by atoms with Crippen molar-refractivity contribution < 1.29 is 9.53 Å². The Morgan fingerprint density at radius 1 is 1.19 bits per heavy atom. The number of nitrogens with zero attached hydrogens (tertiary/aromatic N) is 2. The van der Waals surface area contributed by atoms with E-state index >= 15 is 0 Å². The number of hydrogen-bond acceptors (Lipinski definition) is 6. The lowest BCUT2D eigenvalue weighted by Gasteiger charge is -2.04. The lowest BCUT2D eigenvalue weighted by molar-refractivity contribution is 0.102. The molecular weight excluding hydrogens is 413 g/mol. The van der Waals surface area contributed by atoms with Crippen molar-refractivity contribution in [1.29, 1.82) is 0 Å². The van der Waals surface area contributed by atoms with Crippen LogP contribution in [0.2, 0.25) is 10.0 Å². The molecule has 0 unspecified atom stereocenters. The van der Waals surface area contributed by atoms with E-state index in [4.69, 9.17) is 27.9 Å². The van der Waals surface area contributed by atoms with Gasteiger partial charge in [0, 0.05) is 15.6 Å². The number of carbonyl (C=O) groups excluding carboxylic acids is 1.